The number of fused-ring (bicyclic) bond motifs is 1. The summed E-state index contributed by atoms with van der Waals surface area (Å²) in [6, 6.07) is 14.9. The third-order valence-corrected chi connectivity index (χ3v) is 7.37. The maximum absolute atomic E-state index is 12.4. The Balaban J connectivity index is 1.23. The van der Waals surface area contributed by atoms with Gasteiger partial charge in [0.2, 0.25) is 15.9 Å². The fourth-order valence-corrected chi connectivity index (χ4v) is 5.09. The number of nitrogens with one attached hydrogen (secondary N) is 2. The third-order valence-electron chi connectivity index (χ3n) is 4.88. The number of benzene rings is 2. The van der Waals surface area contributed by atoms with E-state index < -0.39 is 10.0 Å². The van der Waals surface area contributed by atoms with Crippen molar-refractivity contribution in [2.24, 2.45) is 0 Å². The SMILES string of the molecule is O=C(CCCCCNS(=O)(=O)c1ccc2c(c1)OCCO2)NCCSCc1ccccc1. The van der Waals surface area contributed by atoms with Crippen molar-refractivity contribution in [1.82, 2.24) is 10.0 Å². The molecule has 0 bridgehead atoms. The van der Waals surface area contributed by atoms with E-state index in [2.05, 4.69) is 22.2 Å². The Morgan fingerprint density at radius 3 is 2.53 bits per heavy atom. The molecule has 2 aromatic carbocycles. The van der Waals surface area contributed by atoms with Gasteiger partial charge in [-0.05, 0) is 30.5 Å². The number of thioether (sulfide) groups is 1. The van der Waals surface area contributed by atoms with Crippen molar-refractivity contribution in [2.75, 3.05) is 32.1 Å². The van der Waals surface area contributed by atoms with Crippen molar-refractivity contribution >= 4 is 27.7 Å². The quantitative estimate of drug-likeness (QED) is 0.429. The second kappa shape index (κ2) is 12.7. The summed E-state index contributed by atoms with van der Waals surface area (Å²) < 4.78 is 38.4. The van der Waals surface area contributed by atoms with Crippen molar-refractivity contribution in [3.05, 3.63) is 54.1 Å². The molecule has 0 fully saturated rings. The first-order valence-corrected chi connectivity index (χ1v) is 13.5. The van der Waals surface area contributed by atoms with Crippen molar-refractivity contribution in [3.63, 3.8) is 0 Å². The molecule has 9 heteroatoms. The summed E-state index contributed by atoms with van der Waals surface area (Å²) >= 11 is 1.80. The molecular formula is C23H30N2O5S2. The molecule has 0 spiro atoms. The van der Waals surface area contributed by atoms with Crippen LogP contribution in [-0.2, 0) is 20.6 Å². The molecule has 1 amide bonds. The van der Waals surface area contributed by atoms with E-state index in [0.717, 1.165) is 24.3 Å². The lowest BCUT2D eigenvalue weighted by molar-refractivity contribution is -0.121. The van der Waals surface area contributed by atoms with E-state index in [9.17, 15) is 13.2 Å². The van der Waals surface area contributed by atoms with E-state index >= 15 is 0 Å². The van der Waals surface area contributed by atoms with Crippen LogP contribution >= 0.6 is 11.8 Å². The fraction of sp³-hybridized carbons (Fsp3) is 0.435. The lowest BCUT2D eigenvalue weighted by atomic mass is 10.2. The number of rotatable bonds is 13. The van der Waals surface area contributed by atoms with Crippen LogP contribution in [0.3, 0.4) is 0 Å². The Hall–Kier alpha value is -2.23. The zero-order valence-corrected chi connectivity index (χ0v) is 19.7. The van der Waals surface area contributed by atoms with Gasteiger partial charge in [-0.25, -0.2) is 13.1 Å². The number of hydrogen-bond acceptors (Lipinski definition) is 6. The van der Waals surface area contributed by atoms with Gasteiger partial charge in [0, 0.05) is 37.1 Å². The van der Waals surface area contributed by atoms with E-state index in [1.54, 1.807) is 17.8 Å². The molecular weight excluding hydrogens is 448 g/mol. The highest BCUT2D eigenvalue weighted by Gasteiger charge is 2.18. The minimum Gasteiger partial charge on any atom is -0.486 e. The lowest BCUT2D eigenvalue weighted by Gasteiger charge is -2.18. The van der Waals surface area contributed by atoms with Crippen molar-refractivity contribution in [3.8, 4) is 11.5 Å². The maximum Gasteiger partial charge on any atom is 0.240 e. The predicted octanol–water partition coefficient (Wildman–Crippen LogP) is 3.35. The Bertz CT molecular complexity index is 968. The van der Waals surface area contributed by atoms with Crippen LogP contribution in [0.5, 0.6) is 11.5 Å². The van der Waals surface area contributed by atoms with Gasteiger partial charge in [-0.2, -0.15) is 11.8 Å². The average Bonchev–Trinajstić information content (AvgIpc) is 2.81. The summed E-state index contributed by atoms with van der Waals surface area (Å²) in [5.74, 6) is 2.87. The molecule has 1 aliphatic rings. The summed E-state index contributed by atoms with van der Waals surface area (Å²) in [4.78, 5) is 12.1. The number of unbranched alkanes of at least 4 members (excludes halogenated alkanes) is 2. The number of ether oxygens (including phenoxy) is 2. The fourth-order valence-electron chi connectivity index (χ4n) is 3.18. The summed E-state index contributed by atoms with van der Waals surface area (Å²) in [6.45, 7) is 1.85. The maximum atomic E-state index is 12.4. The van der Waals surface area contributed by atoms with Crippen LogP contribution < -0.4 is 19.5 Å². The van der Waals surface area contributed by atoms with Gasteiger partial charge in [0.25, 0.3) is 0 Å². The van der Waals surface area contributed by atoms with Crippen LogP contribution in [0.2, 0.25) is 0 Å². The largest absolute Gasteiger partial charge is 0.486 e. The van der Waals surface area contributed by atoms with Gasteiger partial charge in [0.15, 0.2) is 11.5 Å². The van der Waals surface area contributed by atoms with E-state index in [1.807, 2.05) is 18.2 Å². The van der Waals surface area contributed by atoms with Gasteiger partial charge in [-0.15, -0.1) is 0 Å². The van der Waals surface area contributed by atoms with Crippen LogP contribution in [0.25, 0.3) is 0 Å². The lowest BCUT2D eigenvalue weighted by Crippen LogP contribution is -2.26. The Kier molecular flexibility index (Phi) is 9.70. The summed E-state index contributed by atoms with van der Waals surface area (Å²) in [7, 11) is -3.60. The Labute approximate surface area is 194 Å². The van der Waals surface area contributed by atoms with Gasteiger partial charge in [0.05, 0.1) is 4.90 Å². The molecule has 0 saturated heterocycles. The van der Waals surface area contributed by atoms with Gasteiger partial charge < -0.3 is 14.8 Å². The molecule has 0 radical (unpaired) electrons. The van der Waals surface area contributed by atoms with E-state index in [4.69, 9.17) is 9.47 Å². The molecule has 0 aromatic heterocycles. The minimum atomic E-state index is -3.60. The van der Waals surface area contributed by atoms with Crippen molar-refractivity contribution in [1.29, 1.82) is 0 Å². The highest BCUT2D eigenvalue weighted by Crippen LogP contribution is 2.32. The molecule has 2 aromatic rings. The Morgan fingerprint density at radius 2 is 1.72 bits per heavy atom. The molecule has 2 N–H and O–H groups in total. The topological polar surface area (TPSA) is 93.7 Å². The van der Waals surface area contributed by atoms with Crippen molar-refractivity contribution in [2.45, 2.75) is 36.3 Å². The predicted molar refractivity (Wildman–Crippen MR) is 127 cm³/mol. The highest BCUT2D eigenvalue weighted by atomic mass is 32.2. The number of amides is 1. The van der Waals surface area contributed by atoms with Gasteiger partial charge in [0.1, 0.15) is 13.2 Å². The van der Waals surface area contributed by atoms with Crippen LogP contribution in [0.1, 0.15) is 31.2 Å². The molecule has 1 aliphatic heterocycles. The normalized spacial score (nSPS) is 13.0. The molecule has 0 aliphatic carbocycles. The molecule has 3 rings (SSSR count). The number of sulfonamides is 1. The highest BCUT2D eigenvalue weighted by molar-refractivity contribution is 7.98. The van der Waals surface area contributed by atoms with E-state index in [-0.39, 0.29) is 10.8 Å². The van der Waals surface area contributed by atoms with Crippen LogP contribution in [0.4, 0.5) is 0 Å². The van der Waals surface area contributed by atoms with E-state index in [1.165, 1.54) is 17.7 Å². The first-order chi connectivity index (χ1) is 15.5. The molecule has 0 saturated carbocycles. The number of hydrogen-bond donors (Lipinski definition) is 2. The molecule has 174 valence electrons. The van der Waals surface area contributed by atoms with Gasteiger partial charge in [-0.1, -0.05) is 36.8 Å². The average molecular weight is 479 g/mol. The zero-order chi connectivity index (χ0) is 22.7. The summed E-state index contributed by atoms with van der Waals surface area (Å²) in [6.07, 6.45) is 2.64. The first-order valence-electron chi connectivity index (χ1n) is 10.8. The number of carbonyl (C=O) groups excluding carboxylic acids is 1. The zero-order valence-electron chi connectivity index (χ0n) is 18.0. The molecule has 32 heavy (non-hydrogen) atoms. The monoisotopic (exact) mass is 478 g/mol. The van der Waals surface area contributed by atoms with Crippen LogP contribution in [0.15, 0.2) is 53.4 Å². The molecule has 0 atom stereocenters. The van der Waals surface area contributed by atoms with Crippen molar-refractivity contribution < 1.29 is 22.7 Å². The van der Waals surface area contributed by atoms with Gasteiger partial charge in [-0.3, -0.25) is 4.79 Å². The minimum absolute atomic E-state index is 0.0437. The van der Waals surface area contributed by atoms with Gasteiger partial charge >= 0.3 is 0 Å². The second-order valence-electron chi connectivity index (χ2n) is 7.40. The third kappa shape index (κ3) is 8.03. The second-order valence-corrected chi connectivity index (χ2v) is 10.3. The Morgan fingerprint density at radius 1 is 0.938 bits per heavy atom. The summed E-state index contributed by atoms with van der Waals surface area (Å²) in [5, 5.41) is 2.94. The van der Waals surface area contributed by atoms with E-state index in [0.29, 0.717) is 50.6 Å². The smallest absolute Gasteiger partial charge is 0.240 e. The molecule has 1 heterocycles. The van der Waals surface area contributed by atoms with Crippen LogP contribution in [-0.4, -0.2) is 46.4 Å². The summed E-state index contributed by atoms with van der Waals surface area (Å²) in [5.41, 5.74) is 1.29. The standard InChI is InChI=1S/C23H30N2O5S2/c26-23(24-13-16-31-18-19-7-3-1-4-8-19)9-5-2-6-12-25-32(27,28)20-10-11-21-22(17-20)30-15-14-29-21/h1,3-4,7-8,10-11,17,25H,2,5-6,9,12-16,18H2,(H,24,26). The first kappa shape index (κ1) is 24.4. The van der Waals surface area contributed by atoms with Crippen LogP contribution in [0, 0.1) is 0 Å². The molecule has 0 unspecified atom stereocenters. The number of carbonyl (C=O) groups is 1. The molecule has 7 nitrogen and oxygen atoms in total.